The lowest BCUT2D eigenvalue weighted by Crippen LogP contribution is -2.34. The molecule has 24 heavy (non-hydrogen) atoms. The number of rotatable bonds is 4. The fraction of sp³-hybridized carbons (Fsp3) is 0.357. The molecule has 1 unspecified atom stereocenters. The summed E-state index contributed by atoms with van der Waals surface area (Å²) in [6.45, 7) is 5.52. The first-order valence-corrected chi connectivity index (χ1v) is 9.54. The summed E-state index contributed by atoms with van der Waals surface area (Å²) >= 11 is 1.19. The normalized spacial score (nSPS) is 17.2. The van der Waals surface area contributed by atoms with Gasteiger partial charge in [-0.05, 0) is 25.1 Å². The van der Waals surface area contributed by atoms with Gasteiger partial charge in [-0.1, -0.05) is 25.2 Å². The predicted octanol–water partition coefficient (Wildman–Crippen LogP) is 2.18. The number of benzene rings is 1. The zero-order valence-corrected chi connectivity index (χ0v) is 14.9. The highest BCUT2D eigenvalue weighted by molar-refractivity contribution is 7.93. The van der Waals surface area contributed by atoms with Crippen molar-refractivity contribution >= 4 is 38.1 Å². The van der Waals surface area contributed by atoms with Crippen LogP contribution in [0.15, 0.2) is 23.1 Å². The Balaban J connectivity index is 1.87. The summed E-state index contributed by atoms with van der Waals surface area (Å²) in [7, 11) is -3.84. The molecule has 0 aliphatic carbocycles. The van der Waals surface area contributed by atoms with Crippen molar-refractivity contribution < 1.29 is 17.9 Å². The number of carbonyl (C=O) groups excluding carboxylic acids is 1. The predicted molar refractivity (Wildman–Crippen MR) is 90.0 cm³/mol. The van der Waals surface area contributed by atoms with E-state index in [9.17, 15) is 13.2 Å². The molecule has 1 aromatic heterocycles. The van der Waals surface area contributed by atoms with Crippen LogP contribution in [-0.4, -0.2) is 30.6 Å². The number of sulfonamides is 1. The van der Waals surface area contributed by atoms with E-state index in [0.717, 1.165) is 5.01 Å². The Bertz CT molecular complexity index is 892. The first-order valence-electron chi connectivity index (χ1n) is 7.24. The van der Waals surface area contributed by atoms with Gasteiger partial charge >= 0.3 is 0 Å². The Morgan fingerprint density at radius 2 is 2.08 bits per heavy atom. The van der Waals surface area contributed by atoms with Gasteiger partial charge in [-0.3, -0.25) is 9.52 Å². The van der Waals surface area contributed by atoms with Gasteiger partial charge in [0.15, 0.2) is 6.10 Å². The van der Waals surface area contributed by atoms with Crippen LogP contribution in [0.2, 0.25) is 0 Å². The molecule has 1 aromatic carbocycles. The van der Waals surface area contributed by atoms with Crippen molar-refractivity contribution in [2.45, 2.75) is 37.7 Å². The lowest BCUT2D eigenvalue weighted by Gasteiger charge is -2.23. The molecule has 0 bridgehead atoms. The van der Waals surface area contributed by atoms with Gasteiger partial charge in [0.05, 0.1) is 10.6 Å². The summed E-state index contributed by atoms with van der Waals surface area (Å²) in [4.78, 5) is 11.7. The van der Waals surface area contributed by atoms with E-state index in [2.05, 4.69) is 20.2 Å². The topological polar surface area (TPSA) is 110 Å². The molecule has 0 saturated carbocycles. The number of amides is 1. The van der Waals surface area contributed by atoms with E-state index in [1.54, 1.807) is 6.92 Å². The highest BCUT2D eigenvalue weighted by Crippen LogP contribution is 2.32. The van der Waals surface area contributed by atoms with Gasteiger partial charge < -0.3 is 10.1 Å². The molecule has 2 N–H and O–H groups in total. The van der Waals surface area contributed by atoms with Crippen molar-refractivity contribution in [2.24, 2.45) is 0 Å². The van der Waals surface area contributed by atoms with Crippen LogP contribution < -0.4 is 14.8 Å². The van der Waals surface area contributed by atoms with Crippen molar-refractivity contribution in [1.82, 2.24) is 10.2 Å². The van der Waals surface area contributed by atoms with Crippen LogP contribution in [-0.2, 0) is 14.8 Å². The van der Waals surface area contributed by atoms with Crippen LogP contribution in [0, 0.1) is 0 Å². The van der Waals surface area contributed by atoms with Crippen molar-refractivity contribution in [3.8, 4) is 5.75 Å². The van der Waals surface area contributed by atoms with E-state index in [1.165, 1.54) is 29.5 Å². The smallest absolute Gasteiger partial charge is 0.265 e. The van der Waals surface area contributed by atoms with E-state index < -0.39 is 16.1 Å². The summed E-state index contributed by atoms with van der Waals surface area (Å²) < 4.78 is 32.8. The Morgan fingerprint density at radius 1 is 1.33 bits per heavy atom. The maximum Gasteiger partial charge on any atom is 0.265 e. The number of hydrogen-bond donors (Lipinski definition) is 2. The van der Waals surface area contributed by atoms with E-state index >= 15 is 0 Å². The Labute approximate surface area is 143 Å². The van der Waals surface area contributed by atoms with Crippen molar-refractivity contribution in [3.63, 3.8) is 0 Å². The summed E-state index contributed by atoms with van der Waals surface area (Å²) in [6, 6.07) is 4.28. The van der Waals surface area contributed by atoms with Gasteiger partial charge in [0, 0.05) is 5.92 Å². The molecule has 2 heterocycles. The quantitative estimate of drug-likeness (QED) is 0.856. The Kier molecular flexibility index (Phi) is 4.18. The number of nitrogens with zero attached hydrogens (tertiary/aromatic N) is 2. The molecular formula is C14H16N4O4S2. The third-order valence-electron chi connectivity index (χ3n) is 3.35. The molecule has 0 spiro atoms. The van der Waals surface area contributed by atoms with Crippen LogP contribution in [0.3, 0.4) is 0 Å². The van der Waals surface area contributed by atoms with Crippen LogP contribution in [0.4, 0.5) is 10.8 Å². The van der Waals surface area contributed by atoms with Gasteiger partial charge in [-0.15, -0.1) is 10.2 Å². The molecule has 1 atom stereocenters. The van der Waals surface area contributed by atoms with Crippen molar-refractivity contribution in [1.29, 1.82) is 0 Å². The van der Waals surface area contributed by atoms with Crippen LogP contribution in [0.5, 0.6) is 5.75 Å². The summed E-state index contributed by atoms with van der Waals surface area (Å²) in [5.41, 5.74) is 0.320. The average Bonchev–Trinajstić information content (AvgIpc) is 2.96. The molecule has 0 fully saturated rings. The van der Waals surface area contributed by atoms with Crippen molar-refractivity contribution in [2.75, 3.05) is 10.0 Å². The van der Waals surface area contributed by atoms with E-state index in [0.29, 0.717) is 11.4 Å². The second-order valence-corrected chi connectivity index (χ2v) is 8.30. The molecule has 3 rings (SSSR count). The molecule has 10 heteroatoms. The van der Waals surface area contributed by atoms with E-state index in [4.69, 9.17) is 4.74 Å². The minimum atomic E-state index is -3.84. The molecule has 0 saturated heterocycles. The summed E-state index contributed by atoms with van der Waals surface area (Å²) in [5.74, 6) is 0.272. The van der Waals surface area contributed by atoms with Crippen LogP contribution in [0.1, 0.15) is 31.7 Å². The number of anilines is 2. The minimum Gasteiger partial charge on any atom is -0.479 e. The fourth-order valence-corrected chi connectivity index (χ4v) is 4.04. The van der Waals surface area contributed by atoms with Gasteiger partial charge in [-0.2, -0.15) is 0 Å². The van der Waals surface area contributed by atoms with Crippen LogP contribution >= 0.6 is 11.3 Å². The molecule has 1 aliphatic rings. The highest BCUT2D eigenvalue weighted by atomic mass is 32.2. The number of fused-ring (bicyclic) bond motifs is 1. The standard InChI is InChI=1S/C14H16N4O4S2/c1-7(2)13-16-17-14(23-13)18-24(20,21)9-4-5-11-10(6-9)15-12(19)8(3)22-11/h4-8H,1-3H3,(H,15,19)(H,17,18). The molecule has 8 nitrogen and oxygen atoms in total. The molecule has 128 valence electrons. The average molecular weight is 368 g/mol. The number of hydrogen-bond acceptors (Lipinski definition) is 7. The molecule has 0 radical (unpaired) electrons. The fourth-order valence-electron chi connectivity index (χ4n) is 2.04. The number of carbonyl (C=O) groups is 1. The maximum atomic E-state index is 12.5. The Morgan fingerprint density at radius 3 is 2.75 bits per heavy atom. The summed E-state index contributed by atoms with van der Waals surface area (Å²) in [5, 5.41) is 11.4. The zero-order valence-electron chi connectivity index (χ0n) is 13.2. The monoisotopic (exact) mass is 368 g/mol. The Hall–Kier alpha value is -2.20. The zero-order chi connectivity index (χ0) is 17.5. The number of ether oxygens (including phenoxy) is 1. The van der Waals surface area contributed by atoms with Gasteiger partial charge in [0.2, 0.25) is 5.13 Å². The van der Waals surface area contributed by atoms with E-state index in [-0.39, 0.29) is 21.9 Å². The highest BCUT2D eigenvalue weighted by Gasteiger charge is 2.26. The maximum absolute atomic E-state index is 12.5. The first-order chi connectivity index (χ1) is 11.3. The second kappa shape index (κ2) is 6.02. The minimum absolute atomic E-state index is 0.000926. The first kappa shape index (κ1) is 16.7. The third kappa shape index (κ3) is 3.20. The van der Waals surface area contributed by atoms with Gasteiger partial charge in [0.25, 0.3) is 15.9 Å². The molecule has 2 aromatic rings. The lowest BCUT2D eigenvalue weighted by atomic mass is 10.2. The number of nitrogens with one attached hydrogen (secondary N) is 2. The van der Waals surface area contributed by atoms with E-state index in [1.807, 2.05) is 13.8 Å². The lowest BCUT2D eigenvalue weighted by molar-refractivity contribution is -0.122. The SMILES string of the molecule is CC1Oc2ccc(S(=O)(=O)Nc3nnc(C(C)C)s3)cc2NC1=O. The summed E-state index contributed by atoms with van der Waals surface area (Å²) in [6.07, 6.45) is -0.617. The number of aromatic nitrogens is 2. The molecular weight excluding hydrogens is 352 g/mol. The van der Waals surface area contributed by atoms with Gasteiger partial charge in [0.1, 0.15) is 10.8 Å². The largest absolute Gasteiger partial charge is 0.479 e. The molecule has 1 amide bonds. The third-order valence-corrected chi connectivity index (χ3v) is 5.95. The molecule has 1 aliphatic heterocycles. The van der Waals surface area contributed by atoms with Gasteiger partial charge in [-0.25, -0.2) is 8.42 Å². The van der Waals surface area contributed by atoms with Crippen LogP contribution in [0.25, 0.3) is 0 Å². The van der Waals surface area contributed by atoms with Crippen molar-refractivity contribution in [3.05, 3.63) is 23.2 Å². The second-order valence-electron chi connectivity index (χ2n) is 5.61.